The molecule has 20 heavy (non-hydrogen) atoms. The molecular formula is C14H15BrClFN2O. The molecule has 2 heterocycles. The van der Waals surface area contributed by atoms with Crippen LogP contribution in [0.2, 0.25) is 0 Å². The van der Waals surface area contributed by atoms with Crippen molar-refractivity contribution in [1.82, 2.24) is 9.55 Å². The quantitative estimate of drug-likeness (QED) is 0.741. The van der Waals surface area contributed by atoms with Crippen LogP contribution in [-0.2, 0) is 10.6 Å². The van der Waals surface area contributed by atoms with Crippen molar-refractivity contribution in [1.29, 1.82) is 0 Å². The van der Waals surface area contributed by atoms with Crippen molar-refractivity contribution in [2.75, 3.05) is 6.61 Å². The molecule has 2 aromatic rings. The third-order valence-corrected chi connectivity index (χ3v) is 4.59. The first-order valence-corrected chi connectivity index (χ1v) is 7.96. The third-order valence-electron chi connectivity index (χ3n) is 3.75. The molecule has 3 nitrogen and oxygen atoms in total. The molecule has 1 saturated heterocycles. The van der Waals surface area contributed by atoms with Crippen molar-refractivity contribution in [3.8, 4) is 0 Å². The van der Waals surface area contributed by atoms with Crippen LogP contribution in [0.5, 0.6) is 0 Å². The molecule has 1 fully saturated rings. The van der Waals surface area contributed by atoms with E-state index in [2.05, 4.69) is 32.4 Å². The van der Waals surface area contributed by atoms with Crippen LogP contribution in [0.15, 0.2) is 16.6 Å². The lowest BCUT2D eigenvalue weighted by Gasteiger charge is -2.29. The maximum absolute atomic E-state index is 13.6. The first kappa shape index (κ1) is 14.3. The molecule has 6 heteroatoms. The Morgan fingerprint density at radius 2 is 2.35 bits per heavy atom. The number of hydrogen-bond acceptors (Lipinski definition) is 2. The maximum atomic E-state index is 13.6. The van der Waals surface area contributed by atoms with Gasteiger partial charge in [0.2, 0.25) is 0 Å². The fourth-order valence-corrected chi connectivity index (χ4v) is 3.37. The van der Waals surface area contributed by atoms with E-state index in [1.807, 2.05) is 0 Å². The fourth-order valence-electron chi connectivity index (χ4n) is 2.85. The van der Waals surface area contributed by atoms with Gasteiger partial charge in [0.05, 0.1) is 27.5 Å². The number of benzene rings is 1. The van der Waals surface area contributed by atoms with Gasteiger partial charge in [-0.15, -0.1) is 11.6 Å². The summed E-state index contributed by atoms with van der Waals surface area (Å²) in [5.74, 6) is 0.807. The Labute approximate surface area is 130 Å². The van der Waals surface area contributed by atoms with Gasteiger partial charge in [-0.1, -0.05) is 0 Å². The van der Waals surface area contributed by atoms with Gasteiger partial charge in [0.25, 0.3) is 0 Å². The Morgan fingerprint density at radius 1 is 1.55 bits per heavy atom. The van der Waals surface area contributed by atoms with Crippen LogP contribution < -0.4 is 0 Å². The Morgan fingerprint density at radius 3 is 3.05 bits per heavy atom. The molecule has 3 rings (SSSR count). The molecule has 0 aliphatic carbocycles. The van der Waals surface area contributed by atoms with Crippen molar-refractivity contribution in [2.45, 2.75) is 37.8 Å². The molecule has 0 spiro atoms. The number of alkyl halides is 1. The van der Waals surface area contributed by atoms with Gasteiger partial charge in [-0.2, -0.15) is 0 Å². The molecule has 0 saturated carbocycles. The summed E-state index contributed by atoms with van der Waals surface area (Å²) in [5, 5.41) is 0. The van der Waals surface area contributed by atoms with Crippen LogP contribution in [0.1, 0.15) is 31.6 Å². The second-order valence-corrected chi connectivity index (χ2v) is 6.27. The van der Waals surface area contributed by atoms with Gasteiger partial charge < -0.3 is 9.30 Å². The highest BCUT2D eigenvalue weighted by atomic mass is 79.9. The highest BCUT2D eigenvalue weighted by Crippen LogP contribution is 2.32. The number of imidazole rings is 1. The van der Waals surface area contributed by atoms with E-state index in [9.17, 15) is 4.39 Å². The van der Waals surface area contributed by atoms with Crippen molar-refractivity contribution >= 4 is 38.6 Å². The summed E-state index contributed by atoms with van der Waals surface area (Å²) in [4.78, 5) is 4.46. The van der Waals surface area contributed by atoms with Crippen LogP contribution in [0, 0.1) is 5.82 Å². The van der Waals surface area contributed by atoms with Gasteiger partial charge in [-0.3, -0.25) is 0 Å². The number of aromatic nitrogens is 2. The zero-order valence-corrected chi connectivity index (χ0v) is 13.4. The molecule has 0 radical (unpaired) electrons. The highest BCUT2D eigenvalue weighted by Gasteiger charge is 2.25. The predicted molar refractivity (Wildman–Crippen MR) is 80.6 cm³/mol. The fraction of sp³-hybridized carbons (Fsp3) is 0.500. The van der Waals surface area contributed by atoms with Gasteiger partial charge >= 0.3 is 0 Å². The molecule has 1 aliphatic rings. The highest BCUT2D eigenvalue weighted by molar-refractivity contribution is 9.10. The Bertz CT molecular complexity index is 646. The summed E-state index contributed by atoms with van der Waals surface area (Å²) < 4.78 is 21.8. The minimum atomic E-state index is -0.302. The summed E-state index contributed by atoms with van der Waals surface area (Å²) in [5.41, 5.74) is 1.58. The van der Waals surface area contributed by atoms with Gasteiger partial charge in [0.15, 0.2) is 0 Å². The molecule has 2 atom stereocenters. The molecule has 108 valence electrons. The van der Waals surface area contributed by atoms with E-state index in [1.165, 1.54) is 6.07 Å². The number of hydrogen-bond donors (Lipinski definition) is 0. The number of rotatable bonds is 2. The van der Waals surface area contributed by atoms with E-state index >= 15 is 0 Å². The monoisotopic (exact) mass is 360 g/mol. The zero-order valence-electron chi connectivity index (χ0n) is 11.1. The van der Waals surface area contributed by atoms with Gasteiger partial charge in [-0.25, -0.2) is 9.37 Å². The summed E-state index contributed by atoms with van der Waals surface area (Å²) in [6.07, 6.45) is 2.07. The van der Waals surface area contributed by atoms with E-state index < -0.39 is 0 Å². The van der Waals surface area contributed by atoms with E-state index in [1.54, 1.807) is 6.07 Å². The van der Waals surface area contributed by atoms with Crippen LogP contribution in [-0.4, -0.2) is 22.3 Å². The number of halogens is 3. The molecule has 0 amide bonds. The topological polar surface area (TPSA) is 27.1 Å². The maximum Gasteiger partial charge on any atom is 0.139 e. The lowest BCUT2D eigenvalue weighted by Crippen LogP contribution is -2.26. The smallest absolute Gasteiger partial charge is 0.139 e. The SMILES string of the molecule is CC1CC(n2c(CCl)nc3cc(F)c(Br)cc32)CCO1. The number of fused-ring (bicyclic) bond motifs is 1. The third kappa shape index (κ3) is 2.47. The number of nitrogens with zero attached hydrogens (tertiary/aromatic N) is 2. The van der Waals surface area contributed by atoms with Crippen LogP contribution in [0.4, 0.5) is 4.39 Å². The normalized spacial score (nSPS) is 23.4. The van der Waals surface area contributed by atoms with Crippen LogP contribution in [0.3, 0.4) is 0 Å². The summed E-state index contributed by atoms with van der Waals surface area (Å²) in [6.45, 7) is 2.80. The molecule has 2 unspecified atom stereocenters. The van der Waals surface area contributed by atoms with Gasteiger partial charge in [-0.05, 0) is 41.8 Å². The van der Waals surface area contributed by atoms with E-state index in [4.69, 9.17) is 16.3 Å². The second kappa shape index (κ2) is 5.62. The predicted octanol–water partition coefficient (Wildman–Crippen LogP) is 4.42. The first-order valence-electron chi connectivity index (χ1n) is 6.63. The molecule has 0 N–H and O–H groups in total. The Balaban J connectivity index is 2.14. The first-order chi connectivity index (χ1) is 9.60. The van der Waals surface area contributed by atoms with E-state index in [-0.39, 0.29) is 11.9 Å². The molecule has 0 bridgehead atoms. The van der Waals surface area contributed by atoms with Crippen molar-refractivity contribution < 1.29 is 9.13 Å². The lowest BCUT2D eigenvalue weighted by molar-refractivity contribution is 0.00633. The van der Waals surface area contributed by atoms with Crippen molar-refractivity contribution in [3.63, 3.8) is 0 Å². The summed E-state index contributed by atoms with van der Waals surface area (Å²) in [6, 6.07) is 3.54. The average Bonchev–Trinajstić information content (AvgIpc) is 2.77. The van der Waals surface area contributed by atoms with E-state index in [0.717, 1.165) is 30.8 Å². The van der Waals surface area contributed by atoms with E-state index in [0.29, 0.717) is 21.9 Å². The van der Waals surface area contributed by atoms with Crippen molar-refractivity contribution in [2.24, 2.45) is 0 Å². The zero-order chi connectivity index (χ0) is 14.3. The Kier molecular flexibility index (Phi) is 4.02. The lowest BCUT2D eigenvalue weighted by atomic mass is 10.0. The summed E-state index contributed by atoms with van der Waals surface area (Å²) in [7, 11) is 0. The second-order valence-electron chi connectivity index (χ2n) is 5.15. The molecule has 1 aromatic carbocycles. The van der Waals surface area contributed by atoms with Crippen LogP contribution in [0.25, 0.3) is 11.0 Å². The molecular weight excluding hydrogens is 347 g/mol. The Hall–Kier alpha value is -0.650. The molecule has 1 aliphatic heterocycles. The summed E-state index contributed by atoms with van der Waals surface area (Å²) >= 11 is 9.26. The van der Waals surface area contributed by atoms with Crippen LogP contribution >= 0.6 is 27.5 Å². The molecule has 1 aromatic heterocycles. The minimum absolute atomic E-state index is 0.221. The van der Waals surface area contributed by atoms with Crippen molar-refractivity contribution in [3.05, 3.63) is 28.2 Å². The minimum Gasteiger partial charge on any atom is -0.378 e. The standard InChI is InChI=1S/C14H15BrClFN2O/c1-8-4-9(2-3-20-8)19-13-5-10(15)11(17)6-12(13)18-14(19)7-16/h5-6,8-9H,2-4,7H2,1H3. The van der Waals surface area contributed by atoms with Gasteiger partial charge in [0, 0.05) is 18.7 Å². The average molecular weight is 362 g/mol. The van der Waals surface area contributed by atoms with Gasteiger partial charge in [0.1, 0.15) is 11.6 Å². The largest absolute Gasteiger partial charge is 0.378 e. The number of ether oxygens (including phenoxy) is 1.